The van der Waals surface area contributed by atoms with Crippen molar-refractivity contribution in [3.05, 3.63) is 77.2 Å². The molecule has 0 aliphatic carbocycles. The molecule has 0 aliphatic rings. The topological polar surface area (TPSA) is 0 Å². The summed E-state index contributed by atoms with van der Waals surface area (Å²) in [6.45, 7) is 8.82. The lowest BCUT2D eigenvalue weighted by Gasteiger charge is -2.26. The fourth-order valence-corrected chi connectivity index (χ4v) is 2.19. The van der Waals surface area contributed by atoms with Crippen LogP contribution in [0, 0.1) is 12.0 Å². The predicted molar refractivity (Wildman–Crippen MR) is 77.5 cm³/mol. The highest BCUT2D eigenvalue weighted by atomic mass is 14.3. The Balaban J connectivity index is 2.36. The Hall–Kier alpha value is -1.56. The van der Waals surface area contributed by atoms with E-state index in [2.05, 4.69) is 70.2 Å². The first-order valence-corrected chi connectivity index (χ1v) is 6.39. The average Bonchev–Trinajstić information content (AvgIpc) is 2.40. The van der Waals surface area contributed by atoms with Gasteiger partial charge in [-0.3, -0.25) is 0 Å². The highest BCUT2D eigenvalue weighted by Crippen LogP contribution is 2.31. The van der Waals surface area contributed by atoms with Crippen LogP contribution >= 0.6 is 0 Å². The summed E-state index contributed by atoms with van der Waals surface area (Å²) in [6.07, 6.45) is 0. The fraction of sp³-hybridized carbons (Fsp3) is 0.278. The summed E-state index contributed by atoms with van der Waals surface area (Å²) < 4.78 is 0. The van der Waals surface area contributed by atoms with Gasteiger partial charge in [-0.05, 0) is 28.7 Å². The van der Waals surface area contributed by atoms with Gasteiger partial charge in [0.05, 0.1) is 0 Å². The zero-order valence-electron chi connectivity index (χ0n) is 11.6. The second kappa shape index (κ2) is 4.97. The smallest absolute Gasteiger partial charge is 0.0146 e. The molecule has 0 amide bonds. The zero-order chi connectivity index (χ0) is 13.2. The van der Waals surface area contributed by atoms with Crippen LogP contribution in [0.4, 0.5) is 0 Å². The van der Waals surface area contributed by atoms with Crippen LogP contribution in [0.15, 0.2) is 48.5 Å². The number of hydrogen-bond acceptors (Lipinski definition) is 0. The Morgan fingerprint density at radius 3 is 1.83 bits per heavy atom. The van der Waals surface area contributed by atoms with Gasteiger partial charge in [0, 0.05) is 5.41 Å². The SMILES string of the molecule is C[C](C)c1ccc(C(C)(C)c2cc[c]cc2)cc1. The van der Waals surface area contributed by atoms with E-state index < -0.39 is 0 Å². The van der Waals surface area contributed by atoms with Gasteiger partial charge in [0.25, 0.3) is 0 Å². The molecular weight excluding hydrogens is 216 g/mol. The summed E-state index contributed by atoms with van der Waals surface area (Å²) in [5.41, 5.74) is 4.02. The van der Waals surface area contributed by atoms with E-state index in [-0.39, 0.29) is 5.41 Å². The van der Waals surface area contributed by atoms with Crippen LogP contribution < -0.4 is 0 Å². The molecule has 0 aliphatic heterocycles. The maximum absolute atomic E-state index is 3.08. The van der Waals surface area contributed by atoms with Gasteiger partial charge in [-0.25, -0.2) is 0 Å². The lowest BCUT2D eigenvalue weighted by Crippen LogP contribution is -2.18. The molecule has 0 unspecified atom stereocenters. The molecule has 0 spiro atoms. The molecule has 2 aromatic carbocycles. The molecular formula is C18H20. The van der Waals surface area contributed by atoms with Crippen LogP contribution in [0.1, 0.15) is 44.4 Å². The Morgan fingerprint density at radius 2 is 1.33 bits per heavy atom. The van der Waals surface area contributed by atoms with Gasteiger partial charge in [-0.2, -0.15) is 0 Å². The maximum Gasteiger partial charge on any atom is 0.0146 e. The fourth-order valence-electron chi connectivity index (χ4n) is 2.19. The van der Waals surface area contributed by atoms with Gasteiger partial charge >= 0.3 is 0 Å². The summed E-state index contributed by atoms with van der Waals surface area (Å²) in [5.74, 6) is 1.36. The molecule has 0 atom stereocenters. The molecule has 0 bridgehead atoms. The minimum atomic E-state index is 0.0370. The van der Waals surface area contributed by atoms with Crippen molar-refractivity contribution in [3.8, 4) is 0 Å². The molecule has 0 aromatic heterocycles. The minimum absolute atomic E-state index is 0.0370. The van der Waals surface area contributed by atoms with Crippen molar-refractivity contribution in [2.45, 2.75) is 33.1 Å². The minimum Gasteiger partial charge on any atom is -0.0582 e. The first-order chi connectivity index (χ1) is 8.51. The molecule has 92 valence electrons. The molecule has 0 nitrogen and oxygen atoms in total. The molecule has 0 N–H and O–H groups in total. The van der Waals surface area contributed by atoms with Gasteiger partial charge in [-0.15, -0.1) is 0 Å². The van der Waals surface area contributed by atoms with Crippen LogP contribution in [0.25, 0.3) is 0 Å². The molecule has 2 radical (unpaired) electrons. The van der Waals surface area contributed by atoms with Crippen molar-refractivity contribution < 1.29 is 0 Å². The lowest BCUT2D eigenvalue weighted by molar-refractivity contribution is 0.640. The zero-order valence-corrected chi connectivity index (χ0v) is 11.6. The van der Waals surface area contributed by atoms with Crippen molar-refractivity contribution in [1.82, 2.24) is 0 Å². The molecule has 2 rings (SSSR count). The molecule has 0 saturated heterocycles. The van der Waals surface area contributed by atoms with E-state index in [9.17, 15) is 0 Å². The van der Waals surface area contributed by atoms with E-state index in [0.29, 0.717) is 0 Å². The molecule has 0 fully saturated rings. The predicted octanol–water partition coefficient (Wildman–Crippen LogP) is 4.78. The van der Waals surface area contributed by atoms with E-state index in [1.807, 2.05) is 12.1 Å². The Labute approximate surface area is 111 Å². The summed E-state index contributed by atoms with van der Waals surface area (Å²) in [6, 6.07) is 20.2. The first-order valence-electron chi connectivity index (χ1n) is 6.39. The quantitative estimate of drug-likeness (QED) is 0.719. The Morgan fingerprint density at radius 1 is 0.833 bits per heavy atom. The summed E-state index contributed by atoms with van der Waals surface area (Å²) in [4.78, 5) is 0. The van der Waals surface area contributed by atoms with Crippen molar-refractivity contribution in [3.63, 3.8) is 0 Å². The van der Waals surface area contributed by atoms with Gasteiger partial charge in [0.15, 0.2) is 0 Å². The van der Waals surface area contributed by atoms with E-state index in [4.69, 9.17) is 0 Å². The van der Waals surface area contributed by atoms with E-state index in [1.54, 1.807) is 0 Å². The van der Waals surface area contributed by atoms with Crippen molar-refractivity contribution >= 4 is 0 Å². The molecule has 18 heavy (non-hydrogen) atoms. The van der Waals surface area contributed by atoms with Crippen LogP contribution in [0.3, 0.4) is 0 Å². The van der Waals surface area contributed by atoms with Crippen molar-refractivity contribution in [2.75, 3.05) is 0 Å². The van der Waals surface area contributed by atoms with Crippen molar-refractivity contribution in [2.24, 2.45) is 0 Å². The maximum atomic E-state index is 3.08. The third kappa shape index (κ3) is 2.48. The summed E-state index contributed by atoms with van der Waals surface area (Å²) in [7, 11) is 0. The lowest BCUT2D eigenvalue weighted by atomic mass is 9.78. The van der Waals surface area contributed by atoms with Gasteiger partial charge in [0.2, 0.25) is 0 Å². The highest BCUT2D eigenvalue weighted by Gasteiger charge is 2.22. The van der Waals surface area contributed by atoms with Crippen molar-refractivity contribution in [1.29, 1.82) is 0 Å². The van der Waals surface area contributed by atoms with E-state index in [1.165, 1.54) is 22.6 Å². The normalized spacial score (nSPS) is 11.8. The largest absolute Gasteiger partial charge is 0.0582 e. The molecule has 0 saturated carbocycles. The number of hydrogen-bond donors (Lipinski definition) is 0. The van der Waals surface area contributed by atoms with Crippen LogP contribution in [-0.2, 0) is 5.41 Å². The highest BCUT2D eigenvalue weighted by molar-refractivity contribution is 5.40. The Bertz CT molecular complexity index is 489. The van der Waals surface area contributed by atoms with Gasteiger partial charge in [0.1, 0.15) is 0 Å². The molecule has 0 heterocycles. The third-order valence-corrected chi connectivity index (χ3v) is 3.62. The standard InChI is InChI=1S/C18H20/c1-14(2)15-10-12-17(13-11-15)18(3,4)16-8-6-5-7-9-16/h6-13H,1-4H3. The van der Waals surface area contributed by atoms with Crippen LogP contribution in [0.2, 0.25) is 0 Å². The summed E-state index contributed by atoms with van der Waals surface area (Å²) >= 11 is 0. The Kier molecular flexibility index (Phi) is 3.56. The van der Waals surface area contributed by atoms with Gasteiger partial charge in [-0.1, -0.05) is 76.2 Å². The monoisotopic (exact) mass is 236 g/mol. The molecule has 2 aromatic rings. The number of rotatable bonds is 3. The van der Waals surface area contributed by atoms with E-state index in [0.717, 1.165) is 0 Å². The number of benzene rings is 2. The van der Waals surface area contributed by atoms with Crippen LogP contribution in [-0.4, -0.2) is 0 Å². The third-order valence-electron chi connectivity index (χ3n) is 3.62. The first kappa shape index (κ1) is 12.9. The second-order valence-electron chi connectivity index (χ2n) is 5.49. The summed E-state index contributed by atoms with van der Waals surface area (Å²) in [5, 5.41) is 0. The average molecular weight is 236 g/mol. The second-order valence-corrected chi connectivity index (χ2v) is 5.49. The molecule has 0 heteroatoms. The van der Waals surface area contributed by atoms with Gasteiger partial charge < -0.3 is 0 Å². The van der Waals surface area contributed by atoms with Crippen LogP contribution in [0.5, 0.6) is 0 Å². The van der Waals surface area contributed by atoms with E-state index >= 15 is 0 Å².